The maximum atomic E-state index is 12.1. The molecule has 1 N–H and O–H groups in total. The largest absolute Gasteiger partial charge is 0.755 e. The first-order valence-electron chi connectivity index (χ1n) is 6.88. The summed E-state index contributed by atoms with van der Waals surface area (Å²) in [4.78, 5) is 12.1. The summed E-state index contributed by atoms with van der Waals surface area (Å²) in [5.74, 6) is 0. The van der Waals surface area contributed by atoms with E-state index >= 15 is 0 Å². The van der Waals surface area contributed by atoms with Gasteiger partial charge in [0.1, 0.15) is 0 Å². The molecule has 1 aromatic heterocycles. The number of aromatic nitrogens is 1. The van der Waals surface area contributed by atoms with Crippen molar-refractivity contribution < 1.29 is 8.76 Å². The van der Waals surface area contributed by atoms with Gasteiger partial charge in [-0.25, -0.2) is 0 Å². The summed E-state index contributed by atoms with van der Waals surface area (Å²) in [6, 6.07) is 19.6. The number of rotatable bonds is 4. The zero-order valence-corrected chi connectivity index (χ0v) is 12.8. The number of hydrogen-bond donors (Lipinski definition) is 1. The molecule has 0 saturated heterocycles. The van der Waals surface area contributed by atoms with Crippen LogP contribution in [-0.4, -0.2) is 13.3 Å². The van der Waals surface area contributed by atoms with Crippen molar-refractivity contribution in [3.63, 3.8) is 0 Å². The van der Waals surface area contributed by atoms with E-state index in [-0.39, 0.29) is 5.56 Å². The number of anilines is 1. The lowest BCUT2D eigenvalue weighted by molar-refractivity contribution is 0.542. The Morgan fingerprint density at radius 1 is 0.870 bits per heavy atom. The summed E-state index contributed by atoms with van der Waals surface area (Å²) in [7, 11) is 0. The Morgan fingerprint density at radius 3 is 2.17 bits per heavy atom. The molecule has 1 unspecified atom stereocenters. The average Bonchev–Trinajstić information content (AvgIpc) is 2.56. The fourth-order valence-electron chi connectivity index (χ4n) is 2.28. The van der Waals surface area contributed by atoms with E-state index in [2.05, 4.69) is 4.72 Å². The molecule has 23 heavy (non-hydrogen) atoms. The predicted molar refractivity (Wildman–Crippen MR) is 90.0 cm³/mol. The smallest absolute Gasteiger partial charge is 0.255 e. The molecule has 0 saturated carbocycles. The summed E-state index contributed by atoms with van der Waals surface area (Å²) in [5.41, 5.74) is 2.91. The third-order valence-corrected chi connectivity index (χ3v) is 3.77. The number of hydrogen-bond acceptors (Lipinski definition) is 3. The van der Waals surface area contributed by atoms with E-state index in [1.54, 1.807) is 41.1 Å². The van der Waals surface area contributed by atoms with E-state index in [1.807, 2.05) is 30.3 Å². The summed E-state index contributed by atoms with van der Waals surface area (Å²) in [5, 5.41) is 0. The van der Waals surface area contributed by atoms with Gasteiger partial charge in [0.25, 0.3) is 5.56 Å². The van der Waals surface area contributed by atoms with Gasteiger partial charge in [-0.2, -0.15) is 0 Å². The summed E-state index contributed by atoms with van der Waals surface area (Å²) in [6.07, 6.45) is 1.77. The summed E-state index contributed by atoms with van der Waals surface area (Å²) in [6.45, 7) is 0. The topological polar surface area (TPSA) is 74.2 Å². The van der Waals surface area contributed by atoms with Crippen molar-refractivity contribution in [3.05, 3.63) is 83.3 Å². The lowest BCUT2D eigenvalue weighted by Crippen LogP contribution is -2.16. The van der Waals surface area contributed by atoms with Gasteiger partial charge in [-0.3, -0.25) is 13.6 Å². The van der Waals surface area contributed by atoms with Gasteiger partial charge in [0.05, 0.1) is 0 Å². The second-order valence-corrected chi connectivity index (χ2v) is 5.55. The third-order valence-electron chi connectivity index (χ3n) is 3.36. The van der Waals surface area contributed by atoms with Gasteiger partial charge in [0.15, 0.2) is 0 Å². The van der Waals surface area contributed by atoms with Crippen molar-refractivity contribution in [2.75, 3.05) is 4.72 Å². The fraction of sp³-hybridized carbons (Fsp3) is 0. The van der Waals surface area contributed by atoms with Crippen LogP contribution in [-0.2, 0) is 11.3 Å². The van der Waals surface area contributed by atoms with E-state index in [4.69, 9.17) is 0 Å². The summed E-state index contributed by atoms with van der Waals surface area (Å²) >= 11 is -2.34. The molecular formula is C17H13N2O3S-. The molecule has 2 aromatic carbocycles. The quantitative estimate of drug-likeness (QED) is 0.750. The number of nitrogens with one attached hydrogen (secondary N) is 1. The molecule has 3 aromatic rings. The van der Waals surface area contributed by atoms with Crippen molar-refractivity contribution in [2.24, 2.45) is 0 Å². The SMILES string of the molecule is O=c1ccc(-c2ccc(NS(=O)[O-])cc2)cn1-c1ccccc1. The van der Waals surface area contributed by atoms with Crippen LogP contribution in [0.3, 0.4) is 0 Å². The first kappa shape index (κ1) is 15.2. The highest BCUT2D eigenvalue weighted by atomic mass is 32.2. The molecule has 3 rings (SSSR count). The monoisotopic (exact) mass is 325 g/mol. The molecule has 0 spiro atoms. The Kier molecular flexibility index (Phi) is 4.36. The highest BCUT2D eigenvalue weighted by Crippen LogP contribution is 2.21. The molecule has 0 aliphatic carbocycles. The Hall–Kier alpha value is -2.70. The van der Waals surface area contributed by atoms with Gasteiger partial charge in [-0.05, 0) is 41.5 Å². The number of para-hydroxylation sites is 1. The number of nitrogens with zero attached hydrogens (tertiary/aromatic N) is 1. The van der Waals surface area contributed by atoms with Crippen LogP contribution in [0.1, 0.15) is 0 Å². The lowest BCUT2D eigenvalue weighted by Gasteiger charge is -2.11. The minimum absolute atomic E-state index is 0.111. The Labute approximate surface area is 135 Å². The fourth-order valence-corrected chi connectivity index (χ4v) is 2.60. The van der Waals surface area contributed by atoms with Crippen molar-refractivity contribution in [1.82, 2.24) is 4.57 Å². The highest BCUT2D eigenvalue weighted by molar-refractivity contribution is 7.80. The van der Waals surface area contributed by atoms with Gasteiger partial charge in [0.2, 0.25) is 0 Å². The van der Waals surface area contributed by atoms with E-state index in [0.29, 0.717) is 5.69 Å². The van der Waals surface area contributed by atoms with Crippen molar-refractivity contribution in [3.8, 4) is 16.8 Å². The van der Waals surface area contributed by atoms with Crippen LogP contribution in [0.4, 0.5) is 5.69 Å². The molecular weight excluding hydrogens is 312 g/mol. The Balaban J connectivity index is 1.98. The minimum Gasteiger partial charge on any atom is -0.755 e. The average molecular weight is 325 g/mol. The molecule has 1 atom stereocenters. The third kappa shape index (κ3) is 3.56. The molecule has 0 aliphatic heterocycles. The van der Waals surface area contributed by atoms with Crippen LogP contribution >= 0.6 is 0 Å². The second kappa shape index (κ2) is 6.60. The van der Waals surface area contributed by atoms with Gasteiger partial charge >= 0.3 is 0 Å². The van der Waals surface area contributed by atoms with E-state index in [0.717, 1.165) is 16.8 Å². The van der Waals surface area contributed by atoms with Gasteiger partial charge in [-0.1, -0.05) is 30.3 Å². The first-order valence-corrected chi connectivity index (χ1v) is 7.95. The molecule has 0 bridgehead atoms. The van der Waals surface area contributed by atoms with Crippen LogP contribution in [0, 0.1) is 0 Å². The van der Waals surface area contributed by atoms with Crippen molar-refractivity contribution in [2.45, 2.75) is 0 Å². The molecule has 116 valence electrons. The van der Waals surface area contributed by atoms with Crippen LogP contribution in [0.2, 0.25) is 0 Å². The van der Waals surface area contributed by atoms with E-state index in [1.165, 1.54) is 6.07 Å². The maximum absolute atomic E-state index is 12.1. The highest BCUT2D eigenvalue weighted by Gasteiger charge is 2.03. The maximum Gasteiger partial charge on any atom is 0.255 e. The summed E-state index contributed by atoms with van der Waals surface area (Å²) < 4.78 is 25.1. The van der Waals surface area contributed by atoms with Crippen molar-refractivity contribution >= 4 is 17.0 Å². The standard InChI is InChI=1S/C17H14N2O3S/c20-17-11-8-14(12-19(17)16-4-2-1-3-5-16)13-6-9-15(10-7-13)18-23(21)22/h1-12,18H,(H,21,22)/p-1. The van der Waals surface area contributed by atoms with Gasteiger partial charge in [0, 0.05) is 34.9 Å². The predicted octanol–water partition coefficient (Wildman–Crippen LogP) is 2.71. The van der Waals surface area contributed by atoms with Crippen LogP contribution in [0.25, 0.3) is 16.8 Å². The van der Waals surface area contributed by atoms with E-state index in [9.17, 15) is 13.6 Å². The Bertz CT molecular complexity index is 890. The molecule has 0 fully saturated rings. The Morgan fingerprint density at radius 2 is 1.52 bits per heavy atom. The minimum atomic E-state index is -2.34. The molecule has 6 heteroatoms. The van der Waals surface area contributed by atoms with Crippen LogP contribution < -0.4 is 10.3 Å². The first-order chi connectivity index (χ1) is 11.1. The van der Waals surface area contributed by atoms with Crippen LogP contribution in [0.5, 0.6) is 0 Å². The van der Waals surface area contributed by atoms with Gasteiger partial charge < -0.3 is 9.27 Å². The molecule has 0 radical (unpaired) electrons. The molecule has 1 heterocycles. The normalized spacial score (nSPS) is 11.9. The lowest BCUT2D eigenvalue weighted by atomic mass is 10.1. The number of pyridine rings is 1. The van der Waals surface area contributed by atoms with Gasteiger partial charge in [-0.15, -0.1) is 0 Å². The molecule has 0 aliphatic rings. The number of benzene rings is 2. The zero-order valence-electron chi connectivity index (χ0n) is 12.0. The van der Waals surface area contributed by atoms with Crippen molar-refractivity contribution in [1.29, 1.82) is 0 Å². The molecule has 0 amide bonds. The van der Waals surface area contributed by atoms with E-state index < -0.39 is 11.3 Å². The van der Waals surface area contributed by atoms with Crippen LogP contribution in [0.15, 0.2) is 77.7 Å². The zero-order chi connectivity index (χ0) is 16.2. The second-order valence-electron chi connectivity index (χ2n) is 4.88. The molecule has 5 nitrogen and oxygen atoms in total.